The van der Waals surface area contributed by atoms with E-state index in [4.69, 9.17) is 5.73 Å². The van der Waals surface area contributed by atoms with Gasteiger partial charge in [-0.15, -0.1) is 0 Å². The van der Waals surface area contributed by atoms with E-state index in [1.165, 1.54) is 0 Å². The molecule has 0 aliphatic heterocycles. The van der Waals surface area contributed by atoms with E-state index in [1.54, 1.807) is 18.2 Å². The summed E-state index contributed by atoms with van der Waals surface area (Å²) in [7, 11) is 0. The molecule has 0 aliphatic carbocycles. The van der Waals surface area contributed by atoms with E-state index in [1.807, 2.05) is 6.07 Å². The lowest BCUT2D eigenvalue weighted by Gasteiger charge is -2.15. The molecular formula is C10H11BrF3N. The zero-order valence-electron chi connectivity index (χ0n) is 7.89. The van der Waals surface area contributed by atoms with Crippen molar-refractivity contribution in [1.82, 2.24) is 0 Å². The lowest BCUT2D eigenvalue weighted by atomic mass is 10.1. The minimum absolute atomic E-state index is 0.0912. The van der Waals surface area contributed by atoms with Crippen molar-refractivity contribution in [1.29, 1.82) is 0 Å². The molecule has 0 fully saturated rings. The van der Waals surface area contributed by atoms with Crippen LogP contribution in [0.2, 0.25) is 0 Å². The molecular weight excluding hydrogens is 271 g/mol. The molecule has 5 heteroatoms. The molecule has 1 aromatic carbocycles. The maximum Gasteiger partial charge on any atom is 0.403 e. The maximum atomic E-state index is 12.1. The number of alkyl halides is 3. The Balaban J connectivity index is 2.55. The van der Waals surface area contributed by atoms with Crippen molar-refractivity contribution >= 4 is 15.9 Å². The largest absolute Gasteiger partial charge is 0.403 e. The second-order valence-electron chi connectivity index (χ2n) is 3.28. The Labute approximate surface area is 94.6 Å². The van der Waals surface area contributed by atoms with E-state index in [2.05, 4.69) is 15.9 Å². The van der Waals surface area contributed by atoms with Crippen LogP contribution in [0.5, 0.6) is 0 Å². The maximum absolute atomic E-state index is 12.1. The van der Waals surface area contributed by atoms with E-state index in [9.17, 15) is 13.2 Å². The van der Waals surface area contributed by atoms with Crippen LogP contribution >= 0.6 is 15.9 Å². The van der Waals surface area contributed by atoms with Crippen LogP contribution in [-0.4, -0.2) is 12.2 Å². The van der Waals surface area contributed by atoms with Crippen LogP contribution in [0.25, 0.3) is 0 Å². The summed E-state index contributed by atoms with van der Waals surface area (Å²) in [6.07, 6.45) is -4.07. The third-order valence-corrected chi connectivity index (χ3v) is 2.88. The molecule has 15 heavy (non-hydrogen) atoms. The number of hydrogen-bond donors (Lipinski definition) is 1. The van der Waals surface area contributed by atoms with Crippen LogP contribution in [0.1, 0.15) is 12.0 Å². The first-order valence-corrected chi connectivity index (χ1v) is 5.26. The van der Waals surface area contributed by atoms with E-state index >= 15 is 0 Å². The third kappa shape index (κ3) is 3.83. The molecule has 84 valence electrons. The Morgan fingerprint density at radius 1 is 1.27 bits per heavy atom. The van der Waals surface area contributed by atoms with Crippen LogP contribution in [0.3, 0.4) is 0 Å². The third-order valence-electron chi connectivity index (χ3n) is 2.10. The fourth-order valence-corrected chi connectivity index (χ4v) is 1.66. The monoisotopic (exact) mass is 281 g/mol. The SMILES string of the molecule is N[C@H](CCc1ccccc1Br)C(F)(F)F. The quantitative estimate of drug-likeness (QED) is 0.904. The molecule has 0 bridgehead atoms. The van der Waals surface area contributed by atoms with Gasteiger partial charge in [-0.1, -0.05) is 34.1 Å². The van der Waals surface area contributed by atoms with Gasteiger partial charge >= 0.3 is 6.18 Å². The van der Waals surface area contributed by atoms with Crippen molar-refractivity contribution in [3.05, 3.63) is 34.3 Å². The summed E-state index contributed by atoms with van der Waals surface area (Å²) in [6.45, 7) is 0. The second-order valence-corrected chi connectivity index (χ2v) is 4.13. The highest BCUT2D eigenvalue weighted by atomic mass is 79.9. The summed E-state index contributed by atoms with van der Waals surface area (Å²) in [6, 6.07) is 5.45. The van der Waals surface area contributed by atoms with Gasteiger partial charge in [0.2, 0.25) is 0 Å². The van der Waals surface area contributed by atoms with Crippen molar-refractivity contribution in [2.75, 3.05) is 0 Å². The first-order valence-electron chi connectivity index (χ1n) is 4.47. The average Bonchev–Trinajstić information content (AvgIpc) is 2.14. The average molecular weight is 282 g/mol. The number of aryl methyl sites for hydroxylation is 1. The predicted molar refractivity (Wildman–Crippen MR) is 56.5 cm³/mol. The van der Waals surface area contributed by atoms with Gasteiger partial charge in [-0.05, 0) is 24.5 Å². The lowest BCUT2D eigenvalue weighted by Crippen LogP contribution is -2.37. The normalized spacial score (nSPS) is 13.9. The molecule has 1 aromatic rings. The molecule has 2 N–H and O–H groups in total. The molecule has 0 radical (unpaired) electrons. The Bertz CT molecular complexity index is 325. The summed E-state index contributed by atoms with van der Waals surface area (Å²) >= 11 is 3.27. The fraction of sp³-hybridized carbons (Fsp3) is 0.400. The topological polar surface area (TPSA) is 26.0 Å². The van der Waals surface area contributed by atoms with Gasteiger partial charge in [-0.2, -0.15) is 13.2 Å². The summed E-state index contributed by atoms with van der Waals surface area (Å²) in [5.41, 5.74) is 5.85. The Hall–Kier alpha value is -0.550. The molecule has 1 rings (SSSR count). The Morgan fingerprint density at radius 2 is 1.87 bits per heavy atom. The molecule has 0 unspecified atom stereocenters. The highest BCUT2D eigenvalue weighted by Gasteiger charge is 2.36. The molecule has 1 nitrogen and oxygen atoms in total. The summed E-state index contributed by atoms with van der Waals surface area (Å²) < 4.78 is 37.2. The zero-order valence-corrected chi connectivity index (χ0v) is 9.48. The predicted octanol–water partition coefficient (Wildman–Crippen LogP) is 3.27. The van der Waals surface area contributed by atoms with Gasteiger partial charge in [0.15, 0.2) is 0 Å². The van der Waals surface area contributed by atoms with Crippen molar-refractivity contribution in [3.63, 3.8) is 0 Å². The summed E-state index contributed by atoms with van der Waals surface area (Å²) in [4.78, 5) is 0. The first-order chi connectivity index (χ1) is 6.91. The molecule has 0 heterocycles. The van der Waals surface area contributed by atoms with Crippen molar-refractivity contribution in [3.8, 4) is 0 Å². The highest BCUT2D eigenvalue weighted by Crippen LogP contribution is 2.24. The molecule has 0 saturated carbocycles. The highest BCUT2D eigenvalue weighted by molar-refractivity contribution is 9.10. The van der Waals surface area contributed by atoms with E-state index in [-0.39, 0.29) is 6.42 Å². The number of rotatable bonds is 3. The van der Waals surface area contributed by atoms with Crippen LogP contribution in [0.4, 0.5) is 13.2 Å². The number of nitrogens with two attached hydrogens (primary N) is 1. The lowest BCUT2D eigenvalue weighted by molar-refractivity contribution is -0.148. The molecule has 0 aromatic heterocycles. The standard InChI is InChI=1S/C10H11BrF3N/c11-8-4-2-1-3-7(8)5-6-9(15)10(12,13)14/h1-4,9H,5-6,15H2/t9-/m1/s1. The van der Waals surface area contributed by atoms with Crippen molar-refractivity contribution in [2.45, 2.75) is 25.1 Å². The van der Waals surface area contributed by atoms with Gasteiger partial charge in [0, 0.05) is 4.47 Å². The molecule has 0 spiro atoms. The van der Waals surface area contributed by atoms with Crippen molar-refractivity contribution in [2.24, 2.45) is 5.73 Å². The Kier molecular flexibility index (Phi) is 4.16. The van der Waals surface area contributed by atoms with Crippen LogP contribution in [-0.2, 0) is 6.42 Å². The molecule has 1 atom stereocenters. The van der Waals surface area contributed by atoms with Gasteiger partial charge in [0.05, 0.1) is 0 Å². The Morgan fingerprint density at radius 3 is 2.40 bits per heavy atom. The van der Waals surface area contributed by atoms with Crippen molar-refractivity contribution < 1.29 is 13.2 Å². The minimum atomic E-state index is -4.30. The van der Waals surface area contributed by atoms with Gasteiger partial charge < -0.3 is 5.73 Å². The first kappa shape index (κ1) is 12.5. The number of hydrogen-bond acceptors (Lipinski definition) is 1. The van der Waals surface area contributed by atoms with Gasteiger partial charge in [-0.3, -0.25) is 0 Å². The molecule has 0 amide bonds. The van der Waals surface area contributed by atoms with E-state index in [0.29, 0.717) is 6.42 Å². The number of benzene rings is 1. The van der Waals surface area contributed by atoms with Crippen LogP contribution < -0.4 is 5.73 Å². The van der Waals surface area contributed by atoms with Gasteiger partial charge in [-0.25, -0.2) is 0 Å². The number of halogens is 4. The zero-order chi connectivity index (χ0) is 11.5. The summed E-state index contributed by atoms with van der Waals surface area (Å²) in [5, 5.41) is 0. The second kappa shape index (κ2) is 4.99. The molecule has 0 saturated heterocycles. The van der Waals surface area contributed by atoms with E-state index < -0.39 is 12.2 Å². The molecule has 0 aliphatic rings. The smallest absolute Gasteiger partial charge is 0.320 e. The summed E-state index contributed by atoms with van der Waals surface area (Å²) in [5.74, 6) is 0. The fourth-order valence-electron chi connectivity index (χ4n) is 1.18. The van der Waals surface area contributed by atoms with E-state index in [0.717, 1.165) is 10.0 Å². The van der Waals surface area contributed by atoms with Gasteiger partial charge in [0.25, 0.3) is 0 Å². The minimum Gasteiger partial charge on any atom is -0.320 e. The van der Waals surface area contributed by atoms with Gasteiger partial charge in [0.1, 0.15) is 6.04 Å². The van der Waals surface area contributed by atoms with Crippen LogP contribution in [0, 0.1) is 0 Å². The van der Waals surface area contributed by atoms with Crippen LogP contribution in [0.15, 0.2) is 28.7 Å².